The number of nitrogens with two attached hydrogens (primary N) is 1. The second-order valence-corrected chi connectivity index (χ2v) is 7.02. The molecule has 20 heavy (non-hydrogen) atoms. The number of halogens is 1. The second-order valence-electron chi connectivity index (χ2n) is 4.79. The van der Waals surface area contributed by atoms with Gasteiger partial charge in [-0.3, -0.25) is 4.21 Å². The molecule has 0 aromatic heterocycles. The molecule has 0 spiro atoms. The summed E-state index contributed by atoms with van der Waals surface area (Å²) < 4.78 is 12.4. The Kier molecular flexibility index (Phi) is 5.35. The third kappa shape index (κ3) is 3.92. The Morgan fingerprint density at radius 2 is 1.70 bits per heavy atom. The van der Waals surface area contributed by atoms with Gasteiger partial charge in [-0.2, -0.15) is 0 Å². The van der Waals surface area contributed by atoms with Crippen molar-refractivity contribution in [2.24, 2.45) is 5.73 Å². The number of hydrogen-bond donors (Lipinski definition) is 1. The molecule has 0 aliphatic rings. The fraction of sp³-hybridized carbons (Fsp3) is 0.250. The zero-order valence-corrected chi connectivity index (χ0v) is 12.9. The zero-order chi connectivity index (χ0) is 14.5. The van der Waals surface area contributed by atoms with Gasteiger partial charge in [-0.05, 0) is 30.2 Å². The van der Waals surface area contributed by atoms with Crippen LogP contribution in [0.3, 0.4) is 0 Å². The van der Waals surface area contributed by atoms with E-state index in [2.05, 4.69) is 0 Å². The molecule has 0 heterocycles. The maximum atomic E-state index is 12.4. The molecular formula is C16H18ClNOS. The molecule has 2 nitrogen and oxygen atoms in total. The van der Waals surface area contributed by atoms with Crippen LogP contribution in [0.2, 0.25) is 5.02 Å². The molecule has 3 atom stereocenters. The molecule has 0 aliphatic heterocycles. The van der Waals surface area contributed by atoms with Gasteiger partial charge in [0.25, 0.3) is 0 Å². The molecule has 0 radical (unpaired) electrons. The summed E-state index contributed by atoms with van der Waals surface area (Å²) in [5.41, 5.74) is 8.23. The summed E-state index contributed by atoms with van der Waals surface area (Å²) in [6.45, 7) is 1.93. The van der Waals surface area contributed by atoms with Crippen molar-refractivity contribution in [1.82, 2.24) is 0 Å². The Bertz CT molecular complexity index is 571. The predicted octanol–water partition coefficient (Wildman–Crippen LogP) is 3.68. The SMILES string of the molecule is CC(C(N)c1ccccc1)S(=O)Cc1ccc(Cl)cc1. The van der Waals surface area contributed by atoms with Crippen LogP contribution in [0.25, 0.3) is 0 Å². The molecule has 0 saturated carbocycles. The highest BCUT2D eigenvalue weighted by Crippen LogP contribution is 2.20. The minimum absolute atomic E-state index is 0.104. The minimum Gasteiger partial charge on any atom is -0.323 e. The van der Waals surface area contributed by atoms with Gasteiger partial charge in [0.2, 0.25) is 0 Å². The third-order valence-electron chi connectivity index (χ3n) is 3.33. The van der Waals surface area contributed by atoms with Crippen LogP contribution in [0.4, 0.5) is 0 Å². The molecule has 3 unspecified atom stereocenters. The molecule has 2 rings (SSSR count). The highest BCUT2D eigenvalue weighted by atomic mass is 35.5. The van der Waals surface area contributed by atoms with Crippen LogP contribution in [0.5, 0.6) is 0 Å². The largest absolute Gasteiger partial charge is 0.323 e. The molecular weight excluding hydrogens is 290 g/mol. The molecule has 0 bridgehead atoms. The van der Waals surface area contributed by atoms with Crippen LogP contribution in [0.15, 0.2) is 54.6 Å². The summed E-state index contributed by atoms with van der Waals surface area (Å²) in [4.78, 5) is 0. The number of hydrogen-bond acceptors (Lipinski definition) is 2. The average Bonchev–Trinajstić information content (AvgIpc) is 2.49. The molecule has 0 amide bonds. The second kappa shape index (κ2) is 7.02. The quantitative estimate of drug-likeness (QED) is 0.915. The average molecular weight is 308 g/mol. The summed E-state index contributed by atoms with van der Waals surface area (Å²) >= 11 is 5.85. The first-order chi connectivity index (χ1) is 9.58. The van der Waals surface area contributed by atoms with E-state index in [0.717, 1.165) is 11.1 Å². The van der Waals surface area contributed by atoms with Crippen LogP contribution >= 0.6 is 11.6 Å². The summed E-state index contributed by atoms with van der Waals surface area (Å²) in [5, 5.41) is 0.585. The van der Waals surface area contributed by atoms with Crippen molar-refractivity contribution < 1.29 is 4.21 Å². The molecule has 4 heteroatoms. The van der Waals surface area contributed by atoms with Crippen LogP contribution in [0.1, 0.15) is 24.1 Å². The van der Waals surface area contributed by atoms with Crippen LogP contribution in [-0.4, -0.2) is 9.46 Å². The first kappa shape index (κ1) is 15.2. The lowest BCUT2D eigenvalue weighted by Crippen LogP contribution is -2.28. The molecule has 2 aromatic rings. The minimum atomic E-state index is -1.02. The van der Waals surface area contributed by atoms with E-state index in [0.29, 0.717) is 10.8 Å². The Labute approximate surface area is 127 Å². The first-order valence-electron chi connectivity index (χ1n) is 6.50. The van der Waals surface area contributed by atoms with Crippen molar-refractivity contribution in [3.05, 3.63) is 70.7 Å². The lowest BCUT2D eigenvalue weighted by molar-refractivity contribution is 0.642. The van der Waals surface area contributed by atoms with E-state index in [4.69, 9.17) is 17.3 Å². The van der Waals surface area contributed by atoms with Gasteiger partial charge in [-0.25, -0.2) is 0 Å². The summed E-state index contributed by atoms with van der Waals surface area (Å²) in [7, 11) is -1.02. The van der Waals surface area contributed by atoms with Crippen LogP contribution < -0.4 is 5.73 Å². The van der Waals surface area contributed by atoms with Crippen molar-refractivity contribution in [3.8, 4) is 0 Å². The monoisotopic (exact) mass is 307 g/mol. The number of benzene rings is 2. The van der Waals surface area contributed by atoms with Crippen molar-refractivity contribution in [3.63, 3.8) is 0 Å². The van der Waals surface area contributed by atoms with Gasteiger partial charge >= 0.3 is 0 Å². The molecule has 0 aliphatic carbocycles. The fourth-order valence-corrected chi connectivity index (χ4v) is 3.38. The van der Waals surface area contributed by atoms with Gasteiger partial charge in [0.05, 0.1) is 5.25 Å². The Morgan fingerprint density at radius 3 is 2.30 bits per heavy atom. The fourth-order valence-electron chi connectivity index (χ4n) is 1.99. The van der Waals surface area contributed by atoms with Gasteiger partial charge in [-0.15, -0.1) is 0 Å². The molecule has 106 valence electrons. The van der Waals surface area contributed by atoms with E-state index in [1.54, 1.807) is 0 Å². The van der Waals surface area contributed by atoms with Gasteiger partial charge < -0.3 is 5.73 Å². The lowest BCUT2D eigenvalue weighted by atomic mass is 10.1. The Morgan fingerprint density at radius 1 is 1.10 bits per heavy atom. The van der Waals surface area contributed by atoms with Crippen molar-refractivity contribution in [2.75, 3.05) is 0 Å². The van der Waals surface area contributed by atoms with E-state index in [-0.39, 0.29) is 11.3 Å². The van der Waals surface area contributed by atoms with E-state index in [1.165, 1.54) is 0 Å². The normalized spacial score (nSPS) is 15.6. The zero-order valence-electron chi connectivity index (χ0n) is 11.3. The molecule has 2 N–H and O–H groups in total. The molecule has 0 saturated heterocycles. The Balaban J connectivity index is 2.03. The lowest BCUT2D eigenvalue weighted by Gasteiger charge is -2.20. The van der Waals surface area contributed by atoms with Crippen LogP contribution in [0, 0.1) is 0 Å². The van der Waals surface area contributed by atoms with E-state index < -0.39 is 10.8 Å². The van der Waals surface area contributed by atoms with E-state index >= 15 is 0 Å². The Hall–Kier alpha value is -1.16. The summed E-state index contributed by atoms with van der Waals surface area (Å²) in [6, 6.07) is 17.0. The number of rotatable bonds is 5. The van der Waals surface area contributed by atoms with E-state index in [1.807, 2.05) is 61.5 Å². The van der Waals surface area contributed by atoms with Gasteiger partial charge in [0, 0.05) is 27.6 Å². The predicted molar refractivity (Wildman–Crippen MR) is 86.1 cm³/mol. The standard InChI is InChI=1S/C16H18ClNOS/c1-12(16(18)14-5-3-2-4-6-14)20(19)11-13-7-9-15(17)10-8-13/h2-10,12,16H,11,18H2,1H3. The topological polar surface area (TPSA) is 43.1 Å². The van der Waals surface area contributed by atoms with E-state index in [9.17, 15) is 4.21 Å². The van der Waals surface area contributed by atoms with Gasteiger partial charge in [0.1, 0.15) is 0 Å². The highest BCUT2D eigenvalue weighted by Gasteiger charge is 2.20. The highest BCUT2D eigenvalue weighted by molar-refractivity contribution is 7.84. The van der Waals surface area contributed by atoms with Crippen molar-refractivity contribution >= 4 is 22.4 Å². The maximum Gasteiger partial charge on any atom is 0.0516 e. The summed E-state index contributed by atoms with van der Waals surface area (Å²) in [5.74, 6) is 0.499. The van der Waals surface area contributed by atoms with Crippen molar-refractivity contribution in [2.45, 2.75) is 24.0 Å². The maximum absolute atomic E-state index is 12.4. The third-order valence-corrected chi connectivity index (χ3v) is 5.32. The van der Waals surface area contributed by atoms with Gasteiger partial charge in [-0.1, -0.05) is 54.1 Å². The smallest absolute Gasteiger partial charge is 0.0516 e. The molecule has 0 fully saturated rings. The van der Waals surface area contributed by atoms with Gasteiger partial charge in [0.15, 0.2) is 0 Å². The summed E-state index contributed by atoms with van der Waals surface area (Å²) in [6.07, 6.45) is 0. The van der Waals surface area contributed by atoms with Crippen LogP contribution in [-0.2, 0) is 16.6 Å². The molecule has 2 aromatic carbocycles. The first-order valence-corrected chi connectivity index (χ1v) is 8.26. The van der Waals surface area contributed by atoms with Crippen molar-refractivity contribution in [1.29, 1.82) is 0 Å².